The van der Waals surface area contributed by atoms with Crippen molar-refractivity contribution in [3.63, 3.8) is 0 Å². The van der Waals surface area contributed by atoms with Gasteiger partial charge in [-0.2, -0.15) is 4.31 Å². The van der Waals surface area contributed by atoms with Gasteiger partial charge in [-0.1, -0.05) is 0 Å². The lowest BCUT2D eigenvalue weighted by molar-refractivity contribution is -0.137. The van der Waals surface area contributed by atoms with Crippen LogP contribution in [0.5, 0.6) is 0 Å². The van der Waals surface area contributed by atoms with Crippen LogP contribution in [0.1, 0.15) is 12.8 Å². The van der Waals surface area contributed by atoms with Gasteiger partial charge in [0.2, 0.25) is 10.0 Å². The quantitative estimate of drug-likeness (QED) is 0.553. The van der Waals surface area contributed by atoms with Crippen molar-refractivity contribution < 1.29 is 23.1 Å². The molecule has 1 atom stereocenters. The van der Waals surface area contributed by atoms with Crippen molar-refractivity contribution in [2.75, 3.05) is 39.1 Å². The second-order valence-corrected chi connectivity index (χ2v) is 6.18. The van der Waals surface area contributed by atoms with Crippen LogP contribution in [0.15, 0.2) is 0 Å². The zero-order valence-electron chi connectivity index (χ0n) is 10.5. The Morgan fingerprint density at radius 1 is 1.56 bits per heavy atom. The van der Waals surface area contributed by atoms with E-state index in [1.54, 1.807) is 0 Å². The predicted molar refractivity (Wildman–Crippen MR) is 65.5 cm³/mol. The molecular formula is C10H20N2O5S. The second kappa shape index (κ2) is 7.03. The van der Waals surface area contributed by atoms with Crippen LogP contribution < -0.4 is 5.32 Å². The summed E-state index contributed by atoms with van der Waals surface area (Å²) in [7, 11) is -2.58. The van der Waals surface area contributed by atoms with Crippen molar-refractivity contribution >= 4 is 16.0 Å². The molecule has 0 aromatic heterocycles. The minimum atomic E-state index is -3.72. The van der Waals surface area contributed by atoms with Gasteiger partial charge in [0.05, 0.1) is 13.7 Å². The number of nitrogens with zero attached hydrogens (tertiary/aromatic N) is 1. The fourth-order valence-electron chi connectivity index (χ4n) is 1.91. The summed E-state index contributed by atoms with van der Waals surface area (Å²) in [5.74, 6) is -1.48. The van der Waals surface area contributed by atoms with Crippen molar-refractivity contribution in [1.82, 2.24) is 9.62 Å². The number of hydrogen-bond donors (Lipinski definition) is 2. The SMILES string of the molecule is COC(=O)CS(=O)(=O)N(CCO)CC1CCCN1. The van der Waals surface area contributed by atoms with Gasteiger partial charge < -0.3 is 15.2 Å². The first-order valence-electron chi connectivity index (χ1n) is 5.88. The third kappa shape index (κ3) is 4.52. The Bertz CT molecular complexity index is 364. The minimum Gasteiger partial charge on any atom is -0.468 e. The summed E-state index contributed by atoms with van der Waals surface area (Å²) >= 11 is 0. The molecule has 0 bridgehead atoms. The highest BCUT2D eigenvalue weighted by molar-refractivity contribution is 7.89. The molecule has 1 aliphatic rings. The number of carbonyl (C=O) groups is 1. The van der Waals surface area contributed by atoms with Crippen molar-refractivity contribution in [1.29, 1.82) is 0 Å². The van der Waals surface area contributed by atoms with Crippen LogP contribution in [0.4, 0.5) is 0 Å². The molecule has 0 saturated carbocycles. The van der Waals surface area contributed by atoms with Gasteiger partial charge in [-0.25, -0.2) is 8.42 Å². The van der Waals surface area contributed by atoms with Crippen molar-refractivity contribution in [2.24, 2.45) is 0 Å². The van der Waals surface area contributed by atoms with E-state index in [1.165, 1.54) is 0 Å². The summed E-state index contributed by atoms with van der Waals surface area (Å²) in [6, 6.07) is 0.0870. The fourth-order valence-corrected chi connectivity index (χ4v) is 3.28. The number of rotatable bonds is 7. The molecule has 18 heavy (non-hydrogen) atoms. The molecule has 2 N–H and O–H groups in total. The number of hydrogen-bond acceptors (Lipinski definition) is 6. The number of aliphatic hydroxyl groups is 1. The molecule has 1 unspecified atom stereocenters. The van der Waals surface area contributed by atoms with Crippen LogP contribution in [0, 0.1) is 0 Å². The Hall–Kier alpha value is -0.700. The highest BCUT2D eigenvalue weighted by atomic mass is 32.2. The Morgan fingerprint density at radius 2 is 2.28 bits per heavy atom. The Morgan fingerprint density at radius 3 is 2.78 bits per heavy atom. The largest absolute Gasteiger partial charge is 0.468 e. The molecule has 0 aromatic carbocycles. The second-order valence-electron chi connectivity index (χ2n) is 4.21. The normalized spacial score (nSPS) is 20.3. The summed E-state index contributed by atoms with van der Waals surface area (Å²) < 4.78 is 29.4. The number of methoxy groups -OCH3 is 1. The van der Waals surface area contributed by atoms with Gasteiger partial charge in [0.1, 0.15) is 0 Å². The topological polar surface area (TPSA) is 95.9 Å². The first-order valence-corrected chi connectivity index (χ1v) is 7.49. The average molecular weight is 280 g/mol. The van der Waals surface area contributed by atoms with E-state index in [0.717, 1.165) is 30.8 Å². The third-order valence-electron chi connectivity index (χ3n) is 2.86. The lowest BCUT2D eigenvalue weighted by Gasteiger charge is -2.23. The summed E-state index contributed by atoms with van der Waals surface area (Å²) in [6.45, 7) is 0.874. The number of carbonyl (C=O) groups excluding carboxylic acids is 1. The Labute approximate surface area is 107 Å². The summed E-state index contributed by atoms with van der Waals surface area (Å²) in [5, 5.41) is 12.1. The van der Waals surface area contributed by atoms with Crippen LogP contribution in [0.2, 0.25) is 0 Å². The van der Waals surface area contributed by atoms with E-state index in [0.29, 0.717) is 0 Å². The monoisotopic (exact) mass is 280 g/mol. The van der Waals surface area contributed by atoms with Crippen molar-refractivity contribution in [3.05, 3.63) is 0 Å². The third-order valence-corrected chi connectivity index (χ3v) is 4.58. The minimum absolute atomic E-state index is 0.00247. The molecule has 0 aromatic rings. The van der Waals surface area contributed by atoms with Gasteiger partial charge >= 0.3 is 5.97 Å². The molecule has 106 valence electrons. The fraction of sp³-hybridized carbons (Fsp3) is 0.900. The van der Waals surface area contributed by atoms with Gasteiger partial charge in [-0.3, -0.25) is 4.79 Å². The molecule has 1 aliphatic heterocycles. The predicted octanol–water partition coefficient (Wildman–Crippen LogP) is -1.46. The van der Waals surface area contributed by atoms with Gasteiger partial charge in [-0.15, -0.1) is 0 Å². The number of esters is 1. The Balaban J connectivity index is 2.66. The van der Waals surface area contributed by atoms with Gasteiger partial charge in [-0.05, 0) is 19.4 Å². The zero-order chi connectivity index (χ0) is 13.6. The average Bonchev–Trinajstić information content (AvgIpc) is 2.80. The van der Waals surface area contributed by atoms with E-state index in [2.05, 4.69) is 10.1 Å². The molecule has 0 amide bonds. The lowest BCUT2D eigenvalue weighted by atomic mass is 10.2. The van der Waals surface area contributed by atoms with E-state index in [9.17, 15) is 13.2 Å². The molecule has 0 spiro atoms. The molecule has 1 fully saturated rings. The van der Waals surface area contributed by atoms with Crippen LogP contribution in [0.25, 0.3) is 0 Å². The maximum Gasteiger partial charge on any atom is 0.322 e. The number of nitrogens with one attached hydrogen (secondary N) is 1. The standard InChI is InChI=1S/C10H20N2O5S/c1-17-10(14)8-18(15,16)12(5-6-13)7-9-3-2-4-11-9/h9,11,13H,2-8H2,1H3. The van der Waals surface area contributed by atoms with Crippen LogP contribution in [0.3, 0.4) is 0 Å². The number of aliphatic hydroxyl groups excluding tert-OH is 1. The zero-order valence-corrected chi connectivity index (χ0v) is 11.3. The van der Waals surface area contributed by atoms with E-state index in [-0.39, 0.29) is 25.7 Å². The number of sulfonamides is 1. The van der Waals surface area contributed by atoms with Gasteiger partial charge in [0.15, 0.2) is 5.75 Å². The molecule has 1 saturated heterocycles. The maximum atomic E-state index is 12.0. The number of ether oxygens (including phenoxy) is 1. The first kappa shape index (κ1) is 15.4. The molecule has 0 aliphatic carbocycles. The summed E-state index contributed by atoms with van der Waals surface area (Å²) in [5.41, 5.74) is 0. The lowest BCUT2D eigenvalue weighted by Crippen LogP contribution is -2.44. The molecule has 7 nitrogen and oxygen atoms in total. The molecule has 1 rings (SSSR count). The van der Waals surface area contributed by atoms with Crippen molar-refractivity contribution in [3.8, 4) is 0 Å². The maximum absolute atomic E-state index is 12.0. The summed E-state index contributed by atoms with van der Waals surface area (Å²) in [6.07, 6.45) is 1.91. The molecule has 0 radical (unpaired) electrons. The highest BCUT2D eigenvalue weighted by Crippen LogP contribution is 2.10. The van der Waals surface area contributed by atoms with Crippen molar-refractivity contribution in [2.45, 2.75) is 18.9 Å². The van der Waals surface area contributed by atoms with Gasteiger partial charge in [0.25, 0.3) is 0 Å². The Kier molecular flexibility index (Phi) is 6.00. The van der Waals surface area contributed by atoms with E-state index in [1.807, 2.05) is 0 Å². The molecule has 8 heteroatoms. The highest BCUT2D eigenvalue weighted by Gasteiger charge is 2.28. The smallest absolute Gasteiger partial charge is 0.322 e. The van der Waals surface area contributed by atoms with Gasteiger partial charge in [0, 0.05) is 19.1 Å². The van der Waals surface area contributed by atoms with Crippen LogP contribution >= 0.6 is 0 Å². The van der Waals surface area contributed by atoms with Crippen LogP contribution in [-0.2, 0) is 19.6 Å². The van der Waals surface area contributed by atoms with E-state index in [4.69, 9.17) is 5.11 Å². The summed E-state index contributed by atoms with van der Waals surface area (Å²) in [4.78, 5) is 11.1. The van der Waals surface area contributed by atoms with E-state index >= 15 is 0 Å². The molecular weight excluding hydrogens is 260 g/mol. The first-order chi connectivity index (χ1) is 8.49. The van der Waals surface area contributed by atoms with E-state index < -0.39 is 21.7 Å². The van der Waals surface area contributed by atoms with Crippen LogP contribution in [-0.4, -0.2) is 68.9 Å². The molecule has 1 heterocycles.